The van der Waals surface area contributed by atoms with Gasteiger partial charge in [0.05, 0.1) is 24.6 Å². The van der Waals surface area contributed by atoms with Crippen molar-refractivity contribution in [3.8, 4) is 0 Å². The molecule has 2 fully saturated rings. The van der Waals surface area contributed by atoms with E-state index in [-0.39, 0.29) is 6.03 Å². The Balaban J connectivity index is 1.45. The molecule has 6 nitrogen and oxygen atoms in total. The molecule has 3 rings (SSSR count). The van der Waals surface area contributed by atoms with E-state index in [2.05, 4.69) is 27.4 Å². The number of ether oxygens (including phenoxy) is 1. The molecular formula is C20H31ClN4O2. The van der Waals surface area contributed by atoms with Crippen molar-refractivity contribution in [2.24, 2.45) is 5.92 Å². The Morgan fingerprint density at radius 3 is 2.70 bits per heavy atom. The number of urea groups is 1. The van der Waals surface area contributed by atoms with Crippen LogP contribution in [-0.2, 0) is 4.74 Å². The Hall–Kier alpha value is -1.50. The highest BCUT2D eigenvalue weighted by Crippen LogP contribution is 2.29. The molecule has 0 spiro atoms. The number of nitrogens with one attached hydrogen (secondary N) is 2. The number of rotatable bonds is 6. The van der Waals surface area contributed by atoms with Gasteiger partial charge in [-0.3, -0.25) is 0 Å². The van der Waals surface area contributed by atoms with Crippen LogP contribution in [0.2, 0.25) is 5.02 Å². The second kappa shape index (κ2) is 10.2. The van der Waals surface area contributed by atoms with Crippen molar-refractivity contribution >= 4 is 29.0 Å². The molecule has 0 aliphatic carbocycles. The van der Waals surface area contributed by atoms with Crippen LogP contribution in [-0.4, -0.2) is 63.4 Å². The van der Waals surface area contributed by atoms with Crippen molar-refractivity contribution in [3.63, 3.8) is 0 Å². The second-order valence-electron chi connectivity index (χ2n) is 7.52. The van der Waals surface area contributed by atoms with Crippen molar-refractivity contribution < 1.29 is 9.53 Å². The largest absolute Gasteiger partial charge is 0.378 e. The fourth-order valence-electron chi connectivity index (χ4n) is 3.65. The molecular weight excluding hydrogens is 364 g/mol. The Kier molecular flexibility index (Phi) is 7.61. The maximum atomic E-state index is 12.3. The third-order valence-electron chi connectivity index (χ3n) is 5.37. The summed E-state index contributed by atoms with van der Waals surface area (Å²) < 4.78 is 5.42. The normalized spacial score (nSPS) is 19.1. The maximum Gasteiger partial charge on any atom is 0.319 e. The topological polar surface area (TPSA) is 56.8 Å². The molecule has 2 aliphatic heterocycles. The zero-order valence-electron chi connectivity index (χ0n) is 16.2. The molecule has 2 N–H and O–H groups in total. The molecule has 150 valence electrons. The molecule has 2 amide bonds. The fourth-order valence-corrected chi connectivity index (χ4v) is 3.82. The quantitative estimate of drug-likeness (QED) is 0.726. The minimum Gasteiger partial charge on any atom is -0.378 e. The third kappa shape index (κ3) is 6.26. The molecule has 1 aromatic carbocycles. The van der Waals surface area contributed by atoms with Gasteiger partial charge in [-0.15, -0.1) is 0 Å². The lowest BCUT2D eigenvalue weighted by molar-refractivity contribution is 0.123. The van der Waals surface area contributed by atoms with Crippen molar-refractivity contribution in [2.75, 3.05) is 62.7 Å². The summed E-state index contributed by atoms with van der Waals surface area (Å²) in [6.45, 7) is 9.42. The van der Waals surface area contributed by atoms with Gasteiger partial charge in [-0.1, -0.05) is 18.5 Å². The van der Waals surface area contributed by atoms with Crippen LogP contribution < -0.4 is 15.5 Å². The summed E-state index contributed by atoms with van der Waals surface area (Å²) in [7, 11) is 0. The molecule has 0 atom stereocenters. The number of hydrogen-bond acceptors (Lipinski definition) is 4. The molecule has 2 saturated heterocycles. The van der Waals surface area contributed by atoms with E-state index in [4.69, 9.17) is 16.3 Å². The lowest BCUT2D eigenvalue weighted by atomic mass is 9.99. The maximum absolute atomic E-state index is 12.3. The molecule has 0 unspecified atom stereocenters. The smallest absolute Gasteiger partial charge is 0.319 e. The minimum atomic E-state index is -0.181. The van der Waals surface area contributed by atoms with E-state index in [1.165, 1.54) is 25.9 Å². The average Bonchev–Trinajstić information content (AvgIpc) is 2.67. The zero-order valence-corrected chi connectivity index (χ0v) is 16.9. The van der Waals surface area contributed by atoms with E-state index in [1.54, 1.807) is 6.07 Å². The first-order valence-corrected chi connectivity index (χ1v) is 10.4. The van der Waals surface area contributed by atoms with Crippen LogP contribution in [0.15, 0.2) is 18.2 Å². The Morgan fingerprint density at radius 2 is 1.96 bits per heavy atom. The van der Waals surface area contributed by atoms with Gasteiger partial charge >= 0.3 is 6.03 Å². The van der Waals surface area contributed by atoms with Crippen LogP contribution in [0, 0.1) is 5.92 Å². The van der Waals surface area contributed by atoms with Crippen LogP contribution in [0.1, 0.15) is 26.2 Å². The Morgan fingerprint density at radius 1 is 1.22 bits per heavy atom. The summed E-state index contributed by atoms with van der Waals surface area (Å²) in [5.74, 6) is 0.850. The van der Waals surface area contributed by atoms with Crippen LogP contribution in [0.5, 0.6) is 0 Å². The van der Waals surface area contributed by atoms with Crippen molar-refractivity contribution in [3.05, 3.63) is 23.2 Å². The van der Waals surface area contributed by atoms with E-state index in [1.807, 2.05) is 12.1 Å². The second-order valence-corrected chi connectivity index (χ2v) is 7.96. The minimum absolute atomic E-state index is 0.181. The number of amides is 2. The number of benzene rings is 1. The van der Waals surface area contributed by atoms with Crippen LogP contribution in [0.3, 0.4) is 0 Å². The van der Waals surface area contributed by atoms with Gasteiger partial charge in [-0.05, 0) is 63.0 Å². The lowest BCUT2D eigenvalue weighted by Gasteiger charge is -2.30. The number of likely N-dealkylation sites (tertiary alicyclic amines) is 1. The van der Waals surface area contributed by atoms with Crippen molar-refractivity contribution in [1.82, 2.24) is 10.2 Å². The number of morpholine rings is 1. The third-order valence-corrected chi connectivity index (χ3v) is 5.61. The zero-order chi connectivity index (χ0) is 19.1. The summed E-state index contributed by atoms with van der Waals surface area (Å²) in [5.41, 5.74) is 1.73. The monoisotopic (exact) mass is 394 g/mol. The Labute approximate surface area is 167 Å². The summed E-state index contributed by atoms with van der Waals surface area (Å²) >= 11 is 6.14. The highest BCUT2D eigenvalue weighted by Gasteiger charge is 2.17. The average molecular weight is 395 g/mol. The van der Waals surface area contributed by atoms with Gasteiger partial charge in [0.2, 0.25) is 0 Å². The first kappa shape index (κ1) is 20.2. The van der Waals surface area contributed by atoms with Crippen LogP contribution >= 0.6 is 11.6 Å². The van der Waals surface area contributed by atoms with Crippen LogP contribution in [0.25, 0.3) is 0 Å². The molecule has 0 radical (unpaired) electrons. The molecule has 2 heterocycles. The number of carbonyl (C=O) groups excluding carboxylic acids is 1. The molecule has 0 bridgehead atoms. The van der Waals surface area contributed by atoms with Gasteiger partial charge in [0.1, 0.15) is 0 Å². The summed E-state index contributed by atoms with van der Waals surface area (Å²) in [4.78, 5) is 17.0. The number of nitrogens with zero attached hydrogens (tertiary/aromatic N) is 2. The molecule has 0 aromatic heterocycles. The summed E-state index contributed by atoms with van der Waals surface area (Å²) in [6, 6.07) is 5.44. The highest BCUT2D eigenvalue weighted by molar-refractivity contribution is 6.31. The highest BCUT2D eigenvalue weighted by atomic mass is 35.5. The first-order valence-electron chi connectivity index (χ1n) is 10.0. The Bertz CT molecular complexity index is 614. The standard InChI is InChI=1S/C20H31ClN4O2/c1-16-5-9-24(10-6-16)8-2-7-22-20(26)23-18-15-17(21)3-4-19(18)25-11-13-27-14-12-25/h3-4,15-16H,2,5-14H2,1H3,(H2,22,23,26). The molecule has 7 heteroatoms. The van der Waals surface area contributed by atoms with Gasteiger partial charge in [0.15, 0.2) is 0 Å². The number of halogens is 1. The van der Waals surface area contributed by atoms with Gasteiger partial charge < -0.3 is 25.2 Å². The lowest BCUT2D eigenvalue weighted by Crippen LogP contribution is -2.38. The van der Waals surface area contributed by atoms with Crippen LogP contribution in [0.4, 0.5) is 16.2 Å². The van der Waals surface area contributed by atoms with Crippen molar-refractivity contribution in [2.45, 2.75) is 26.2 Å². The molecule has 0 saturated carbocycles. The number of hydrogen-bond donors (Lipinski definition) is 2. The summed E-state index contributed by atoms with van der Waals surface area (Å²) in [6.07, 6.45) is 3.54. The molecule has 27 heavy (non-hydrogen) atoms. The predicted molar refractivity (Wildman–Crippen MR) is 111 cm³/mol. The molecule has 2 aliphatic rings. The van der Waals surface area contributed by atoms with E-state index < -0.39 is 0 Å². The first-order chi connectivity index (χ1) is 13.1. The van der Waals surface area contributed by atoms with E-state index in [0.29, 0.717) is 24.8 Å². The van der Waals surface area contributed by atoms with Gasteiger partial charge in [0.25, 0.3) is 0 Å². The van der Waals surface area contributed by atoms with Gasteiger partial charge in [-0.2, -0.15) is 0 Å². The molecule has 1 aromatic rings. The van der Waals surface area contributed by atoms with Gasteiger partial charge in [-0.25, -0.2) is 4.79 Å². The van der Waals surface area contributed by atoms with Gasteiger partial charge in [0, 0.05) is 24.7 Å². The number of carbonyl (C=O) groups is 1. The number of piperidine rings is 1. The number of anilines is 2. The SMILES string of the molecule is CC1CCN(CCCNC(=O)Nc2cc(Cl)ccc2N2CCOCC2)CC1. The van der Waals surface area contributed by atoms with Crippen molar-refractivity contribution in [1.29, 1.82) is 0 Å². The van der Waals surface area contributed by atoms with E-state index >= 15 is 0 Å². The fraction of sp³-hybridized carbons (Fsp3) is 0.650. The van der Waals surface area contributed by atoms with E-state index in [9.17, 15) is 4.79 Å². The summed E-state index contributed by atoms with van der Waals surface area (Å²) in [5, 5.41) is 6.54. The van der Waals surface area contributed by atoms with E-state index in [0.717, 1.165) is 43.3 Å². The predicted octanol–water partition coefficient (Wildman–Crippen LogP) is 3.42.